The first-order valence-electron chi connectivity index (χ1n) is 7.60. The van der Waals surface area contributed by atoms with Gasteiger partial charge in [-0.2, -0.15) is 6.08 Å². The van der Waals surface area contributed by atoms with Crippen molar-refractivity contribution in [3.8, 4) is 0 Å². The Morgan fingerprint density at radius 2 is 1.50 bits per heavy atom. The molecule has 0 radical (unpaired) electrons. The van der Waals surface area contributed by atoms with Crippen molar-refractivity contribution in [1.29, 1.82) is 0 Å². The number of fused-ring (bicyclic) bond motifs is 3. The van der Waals surface area contributed by atoms with Crippen molar-refractivity contribution >= 4 is 25.3 Å². The molecule has 0 heterocycles. The second-order valence-electron chi connectivity index (χ2n) is 4.93. The second-order valence-corrected chi connectivity index (χ2v) is 5.94. The van der Waals surface area contributed by atoms with E-state index < -0.39 is 0 Å². The molecule has 24 heavy (non-hydrogen) atoms. The summed E-state index contributed by atoms with van der Waals surface area (Å²) in [6.45, 7) is 2.15. The minimum atomic E-state index is 0. The van der Waals surface area contributed by atoms with Gasteiger partial charge in [-0.25, -0.2) is 12.2 Å². The van der Waals surface area contributed by atoms with E-state index in [9.17, 15) is 0 Å². The molecule has 1 aliphatic carbocycles. The molecule has 1 aliphatic rings. The van der Waals surface area contributed by atoms with Gasteiger partial charge in [0, 0.05) is 0 Å². The van der Waals surface area contributed by atoms with E-state index >= 15 is 0 Å². The van der Waals surface area contributed by atoms with Crippen LogP contribution in [0.4, 0.5) is 0 Å². The smallest absolute Gasteiger partial charge is 0.0771 e. The van der Waals surface area contributed by atoms with E-state index in [0.717, 1.165) is 6.42 Å². The predicted octanol–water partition coefficient (Wildman–Crippen LogP) is -0.229. The van der Waals surface area contributed by atoms with E-state index in [1.165, 1.54) is 28.0 Å². The molecule has 3 aromatic carbocycles. The first-order valence-corrected chi connectivity index (χ1v) is 9.02. The second kappa shape index (κ2) is 13.4. The minimum Gasteiger partial charge on any atom is -1.00 e. The zero-order valence-corrected chi connectivity index (χ0v) is 17.6. The quantitative estimate of drug-likeness (QED) is 0.465. The van der Waals surface area contributed by atoms with Gasteiger partial charge in [0.25, 0.3) is 0 Å². The predicted molar refractivity (Wildman–Crippen MR) is 95.0 cm³/mol. The largest absolute Gasteiger partial charge is 1.00 e. The van der Waals surface area contributed by atoms with Gasteiger partial charge in [-0.05, 0) is 0 Å². The number of rotatable bonds is 1. The maximum absolute atomic E-state index is 2.99. The summed E-state index contributed by atoms with van der Waals surface area (Å²) in [4.78, 5) is 0. The Hall–Kier alpha value is -0.877. The SMILES string of the molecule is CC[CH]=[Zr+2].[C-]1=CC=CC1.[Cl-].[Cl-].c1ccc2c(c1)[cH-]c1ccccc12. The molecular formula is C21H20Cl2Zr-2. The zero-order chi connectivity index (χ0) is 15.6. The van der Waals surface area contributed by atoms with Crippen LogP contribution in [0, 0.1) is 6.08 Å². The van der Waals surface area contributed by atoms with Crippen LogP contribution in [0.1, 0.15) is 19.8 Å². The van der Waals surface area contributed by atoms with Crippen LogP contribution in [-0.4, -0.2) is 3.71 Å². The third kappa shape index (κ3) is 6.93. The average molecular weight is 435 g/mol. The Balaban J connectivity index is 0.000000409. The van der Waals surface area contributed by atoms with Crippen LogP contribution >= 0.6 is 0 Å². The van der Waals surface area contributed by atoms with Gasteiger partial charge in [0.2, 0.25) is 0 Å². The monoisotopic (exact) mass is 432 g/mol. The maximum atomic E-state index is 2.99. The minimum absolute atomic E-state index is 0. The Labute approximate surface area is 172 Å². The van der Waals surface area contributed by atoms with E-state index in [1.807, 2.05) is 12.2 Å². The summed E-state index contributed by atoms with van der Waals surface area (Å²) >= 11 is 1.54. The van der Waals surface area contributed by atoms with E-state index in [1.54, 1.807) is 24.2 Å². The van der Waals surface area contributed by atoms with Gasteiger partial charge in [0.05, 0.1) is 0 Å². The van der Waals surface area contributed by atoms with Crippen LogP contribution in [0.2, 0.25) is 0 Å². The fourth-order valence-electron chi connectivity index (χ4n) is 2.24. The van der Waals surface area contributed by atoms with Crippen molar-refractivity contribution in [2.75, 3.05) is 0 Å². The van der Waals surface area contributed by atoms with Crippen molar-refractivity contribution in [1.82, 2.24) is 0 Å². The number of hydrogen-bond donors (Lipinski definition) is 0. The number of benzene rings is 2. The number of hydrogen-bond acceptors (Lipinski definition) is 0. The summed E-state index contributed by atoms with van der Waals surface area (Å²) in [5.74, 6) is 0. The maximum Gasteiger partial charge on any atom is -0.0771 e. The molecule has 0 unspecified atom stereocenters. The van der Waals surface area contributed by atoms with Gasteiger partial charge in [-0.3, -0.25) is 6.08 Å². The molecule has 0 spiro atoms. The third-order valence-corrected chi connectivity index (χ3v) is 4.32. The molecule has 0 bridgehead atoms. The molecule has 124 valence electrons. The molecule has 3 aromatic rings. The molecule has 0 nitrogen and oxygen atoms in total. The Morgan fingerprint density at radius 3 is 1.83 bits per heavy atom. The van der Waals surface area contributed by atoms with Crippen LogP contribution < -0.4 is 24.8 Å². The summed E-state index contributed by atoms with van der Waals surface area (Å²) in [6.07, 6.45) is 11.2. The fourth-order valence-corrected chi connectivity index (χ4v) is 2.24. The Bertz CT molecular complexity index is 724. The summed E-state index contributed by atoms with van der Waals surface area (Å²) in [7, 11) is 0. The van der Waals surface area contributed by atoms with Gasteiger partial charge in [-0.15, -0.1) is 46.2 Å². The van der Waals surface area contributed by atoms with E-state index in [-0.39, 0.29) is 24.8 Å². The fraction of sp³-hybridized carbons (Fsp3) is 0.143. The van der Waals surface area contributed by atoms with Gasteiger partial charge in [-0.1, -0.05) is 36.4 Å². The Morgan fingerprint density at radius 1 is 1.00 bits per heavy atom. The normalized spacial score (nSPS) is 10.8. The van der Waals surface area contributed by atoms with Gasteiger partial charge >= 0.3 is 41.3 Å². The molecule has 0 saturated heterocycles. The number of allylic oxidation sites excluding steroid dienone is 4. The molecule has 0 N–H and O–H groups in total. The third-order valence-electron chi connectivity index (χ3n) is 3.31. The first-order chi connectivity index (χ1) is 10.9. The molecule has 4 rings (SSSR count). The topological polar surface area (TPSA) is 0 Å². The van der Waals surface area contributed by atoms with Crippen molar-refractivity contribution in [2.45, 2.75) is 19.8 Å². The molecular weight excluding hydrogens is 414 g/mol. The van der Waals surface area contributed by atoms with Crippen molar-refractivity contribution in [3.63, 3.8) is 0 Å². The summed E-state index contributed by atoms with van der Waals surface area (Å²) < 4.78 is 2.22. The van der Waals surface area contributed by atoms with Crippen LogP contribution in [0.25, 0.3) is 21.5 Å². The van der Waals surface area contributed by atoms with E-state index in [0.29, 0.717) is 0 Å². The number of halogens is 2. The van der Waals surface area contributed by atoms with Crippen LogP contribution in [0.5, 0.6) is 0 Å². The van der Waals surface area contributed by atoms with Crippen molar-refractivity contribution in [3.05, 3.63) is 78.9 Å². The molecule has 0 atom stereocenters. The zero-order valence-electron chi connectivity index (χ0n) is 13.7. The van der Waals surface area contributed by atoms with Crippen LogP contribution in [-0.2, 0) is 24.2 Å². The molecule has 0 saturated carbocycles. The molecule has 0 aromatic heterocycles. The van der Waals surface area contributed by atoms with Crippen LogP contribution in [0.3, 0.4) is 0 Å². The van der Waals surface area contributed by atoms with Crippen molar-refractivity contribution < 1.29 is 49.0 Å². The van der Waals surface area contributed by atoms with E-state index in [2.05, 4.69) is 77.4 Å². The van der Waals surface area contributed by atoms with E-state index in [4.69, 9.17) is 0 Å². The van der Waals surface area contributed by atoms with Gasteiger partial charge in [0.1, 0.15) is 0 Å². The van der Waals surface area contributed by atoms with Crippen LogP contribution in [0.15, 0.2) is 72.8 Å². The molecule has 0 fully saturated rings. The summed E-state index contributed by atoms with van der Waals surface area (Å²) in [5, 5.41) is 5.39. The Kier molecular flexibility index (Phi) is 12.9. The average Bonchev–Trinajstić information content (AvgIpc) is 3.26. The molecule has 0 aliphatic heterocycles. The molecule has 0 amide bonds. The first kappa shape index (κ1) is 23.1. The summed E-state index contributed by atoms with van der Waals surface area (Å²) in [6, 6.07) is 19.3. The van der Waals surface area contributed by atoms with Gasteiger partial charge in [0.15, 0.2) is 0 Å². The standard InChI is InChI=1S/C13H9.C5H5.C3H6.2ClH.Zr/c1-3-7-12-10(5-1)9-11-6-2-4-8-13(11)12;1-2-4-5-3-1;1-3-2;;;/h1-9H;1-3H,4H2;1H,3H2,2H3;2*1H;/q2*-1;;;;+2/p-2. The van der Waals surface area contributed by atoms with Crippen molar-refractivity contribution in [2.24, 2.45) is 0 Å². The summed E-state index contributed by atoms with van der Waals surface area (Å²) in [5.41, 5.74) is 0. The molecule has 3 heteroatoms. The van der Waals surface area contributed by atoms with Gasteiger partial charge < -0.3 is 24.8 Å².